The quantitative estimate of drug-likeness (QED) is 0.370. The molecule has 0 aliphatic carbocycles. The number of methoxy groups -OCH3 is 1. The van der Waals surface area contributed by atoms with Crippen LogP contribution in [-0.4, -0.2) is 71.5 Å². The molecule has 2 N–H and O–H groups in total. The Morgan fingerprint density at radius 1 is 1.00 bits per heavy atom. The average Bonchev–Trinajstić information content (AvgIpc) is 3.44. The summed E-state index contributed by atoms with van der Waals surface area (Å²) in [5, 5.41) is 5.87. The highest BCUT2D eigenvalue weighted by molar-refractivity contribution is 6.00. The first-order valence-electron chi connectivity index (χ1n) is 14.2. The van der Waals surface area contributed by atoms with E-state index in [1.54, 1.807) is 42.3 Å². The number of hydrogen-bond donors (Lipinski definition) is 2. The van der Waals surface area contributed by atoms with Crippen LogP contribution in [0.4, 0.5) is 0 Å². The molecule has 7 rings (SSSR count). The highest BCUT2D eigenvalue weighted by atomic mass is 16.5. The summed E-state index contributed by atoms with van der Waals surface area (Å²) in [5.74, 6) is 0.796. The summed E-state index contributed by atoms with van der Waals surface area (Å²) < 4.78 is 17.4. The number of amides is 3. The lowest BCUT2D eigenvalue weighted by Gasteiger charge is -2.21. The number of nitrogens with zero attached hydrogens (tertiary/aromatic N) is 3. The van der Waals surface area contributed by atoms with Gasteiger partial charge in [-0.15, -0.1) is 0 Å². The van der Waals surface area contributed by atoms with Gasteiger partial charge in [-0.1, -0.05) is 42.5 Å². The van der Waals surface area contributed by atoms with E-state index in [4.69, 9.17) is 14.2 Å². The largest absolute Gasteiger partial charge is 0.493 e. The van der Waals surface area contributed by atoms with Gasteiger partial charge in [0.25, 0.3) is 17.7 Å². The zero-order valence-electron chi connectivity index (χ0n) is 24.3. The monoisotopic (exact) mass is 593 g/mol. The van der Waals surface area contributed by atoms with E-state index in [-0.39, 0.29) is 37.3 Å². The molecule has 1 aromatic heterocycles. The first kappa shape index (κ1) is 28.7. The van der Waals surface area contributed by atoms with Crippen LogP contribution in [0.15, 0.2) is 79.0 Å². The number of aromatic nitrogens is 2. The molecule has 0 radical (unpaired) electrons. The fraction of sp³-hybridized carbons (Fsp3) is 0.242. The number of aryl methyl sites for hydroxylation is 1. The molecule has 4 bridgehead atoms. The van der Waals surface area contributed by atoms with Crippen molar-refractivity contribution in [2.75, 3.05) is 26.8 Å². The zero-order chi connectivity index (χ0) is 30.6. The molecule has 11 heteroatoms. The number of carbonyl (C=O) groups is 3. The third-order valence-electron chi connectivity index (χ3n) is 7.54. The van der Waals surface area contributed by atoms with Crippen molar-refractivity contribution >= 4 is 17.7 Å². The number of hydrogen-bond acceptors (Lipinski definition) is 8. The van der Waals surface area contributed by atoms with Gasteiger partial charge < -0.3 is 29.7 Å². The van der Waals surface area contributed by atoms with Crippen molar-refractivity contribution in [2.45, 2.75) is 25.6 Å². The zero-order valence-corrected chi connectivity index (χ0v) is 24.3. The van der Waals surface area contributed by atoms with Crippen LogP contribution in [-0.2, 0) is 11.3 Å². The van der Waals surface area contributed by atoms with Crippen molar-refractivity contribution in [3.8, 4) is 28.5 Å². The maximum absolute atomic E-state index is 14.0. The van der Waals surface area contributed by atoms with Crippen molar-refractivity contribution in [1.29, 1.82) is 0 Å². The van der Waals surface area contributed by atoms with Gasteiger partial charge in [0.2, 0.25) is 0 Å². The molecule has 4 aromatic rings. The number of nitrogens with one attached hydrogen (secondary N) is 2. The highest BCUT2D eigenvalue weighted by Gasteiger charge is 2.39. The van der Waals surface area contributed by atoms with Gasteiger partial charge in [-0.2, -0.15) is 0 Å². The number of ether oxygens (including phenoxy) is 3. The molecule has 4 heterocycles. The predicted molar refractivity (Wildman–Crippen MR) is 161 cm³/mol. The third-order valence-corrected chi connectivity index (χ3v) is 7.54. The van der Waals surface area contributed by atoms with Crippen LogP contribution >= 0.6 is 0 Å². The van der Waals surface area contributed by atoms with Crippen molar-refractivity contribution < 1.29 is 28.6 Å². The maximum atomic E-state index is 14.0. The van der Waals surface area contributed by atoms with E-state index in [9.17, 15) is 14.4 Å². The minimum atomic E-state index is -0.551. The first-order chi connectivity index (χ1) is 21.4. The van der Waals surface area contributed by atoms with E-state index < -0.39 is 18.1 Å². The van der Waals surface area contributed by atoms with E-state index in [0.717, 1.165) is 11.1 Å². The predicted octanol–water partition coefficient (Wildman–Crippen LogP) is 3.17. The number of rotatable bonds is 3. The van der Waals surface area contributed by atoms with Crippen LogP contribution in [0.25, 0.3) is 11.3 Å². The minimum Gasteiger partial charge on any atom is -0.493 e. The highest BCUT2D eigenvalue weighted by Crippen LogP contribution is 2.29. The van der Waals surface area contributed by atoms with Gasteiger partial charge in [0.1, 0.15) is 17.7 Å². The summed E-state index contributed by atoms with van der Waals surface area (Å²) in [4.78, 5) is 50.4. The molecule has 11 nitrogen and oxygen atoms in total. The van der Waals surface area contributed by atoms with Crippen LogP contribution in [0.5, 0.6) is 17.2 Å². The summed E-state index contributed by atoms with van der Waals surface area (Å²) in [6.07, 6.45) is 1.000. The molecule has 3 aliphatic heterocycles. The summed E-state index contributed by atoms with van der Waals surface area (Å²) in [7, 11) is 1.48. The Balaban J connectivity index is 1.32. The smallest absolute Gasteiger partial charge is 0.258 e. The Kier molecular flexibility index (Phi) is 8.09. The molecule has 3 aromatic carbocycles. The van der Waals surface area contributed by atoms with E-state index >= 15 is 0 Å². The van der Waals surface area contributed by atoms with E-state index in [1.165, 1.54) is 13.2 Å². The lowest BCUT2D eigenvalue weighted by atomic mass is 10.1. The molecule has 0 spiro atoms. The summed E-state index contributed by atoms with van der Waals surface area (Å²) in [6.45, 7) is 2.26. The first-order valence-corrected chi connectivity index (χ1v) is 14.2. The fourth-order valence-electron chi connectivity index (χ4n) is 5.25. The topological polar surface area (TPSA) is 132 Å². The molecule has 3 aliphatic rings. The summed E-state index contributed by atoms with van der Waals surface area (Å²) in [6, 6.07) is 21.0. The minimum absolute atomic E-state index is 0.202. The molecule has 3 amide bonds. The Hall–Kier alpha value is -5.45. The van der Waals surface area contributed by atoms with Crippen LogP contribution in [0.1, 0.15) is 32.1 Å². The fourth-order valence-corrected chi connectivity index (χ4v) is 5.25. The molecular weight excluding hydrogens is 562 g/mol. The van der Waals surface area contributed by atoms with E-state index in [1.807, 2.05) is 42.5 Å². The van der Waals surface area contributed by atoms with Gasteiger partial charge in [-0.25, -0.2) is 9.97 Å². The SMILES string of the molecule is COc1ccc2cc1OCC(=O)NCc1ccc(cc1)O[C@H]1CN(C(=O)c3cnc(C)nc3-c3ccccc3)C[C@@H]1NC2=O. The van der Waals surface area contributed by atoms with Gasteiger partial charge in [-0.05, 0) is 42.8 Å². The van der Waals surface area contributed by atoms with E-state index in [0.29, 0.717) is 40.7 Å². The molecule has 2 atom stereocenters. The van der Waals surface area contributed by atoms with Crippen LogP contribution in [0, 0.1) is 6.92 Å². The number of fused-ring (bicyclic) bond motifs is 7. The number of benzene rings is 3. The van der Waals surface area contributed by atoms with Gasteiger partial charge in [0.15, 0.2) is 18.1 Å². The Morgan fingerprint density at radius 3 is 2.57 bits per heavy atom. The lowest BCUT2D eigenvalue weighted by Crippen LogP contribution is -2.45. The Bertz CT molecular complexity index is 1700. The third kappa shape index (κ3) is 6.17. The standard InChI is InChI=1S/C33H31N5O6/c1-20-34-16-25(31(36-20)22-6-4-3-5-7-22)33(41)38-17-26-29(18-38)44-24-11-8-21(9-12-24)15-35-30(39)19-43-28-14-23(32(40)37-26)10-13-27(28)42-2/h3-14,16,26,29H,15,17-19H2,1-2H3,(H,35,39)(H,37,40)/t26-,29-/m0/s1. The second-order valence-corrected chi connectivity index (χ2v) is 10.6. The molecule has 44 heavy (non-hydrogen) atoms. The maximum Gasteiger partial charge on any atom is 0.258 e. The molecular formula is C33H31N5O6. The average molecular weight is 594 g/mol. The lowest BCUT2D eigenvalue weighted by molar-refractivity contribution is -0.123. The molecule has 1 fully saturated rings. The van der Waals surface area contributed by atoms with E-state index in [2.05, 4.69) is 20.6 Å². The molecule has 224 valence electrons. The van der Waals surface area contributed by atoms with Gasteiger partial charge in [-0.3, -0.25) is 14.4 Å². The van der Waals surface area contributed by atoms with Crippen LogP contribution in [0.3, 0.4) is 0 Å². The second-order valence-electron chi connectivity index (χ2n) is 10.6. The van der Waals surface area contributed by atoms with Crippen molar-refractivity contribution in [3.63, 3.8) is 0 Å². The van der Waals surface area contributed by atoms with Gasteiger partial charge in [0.05, 0.1) is 31.0 Å². The van der Waals surface area contributed by atoms with Crippen LogP contribution in [0.2, 0.25) is 0 Å². The Labute approximate surface area is 254 Å². The van der Waals surface area contributed by atoms with Crippen molar-refractivity contribution in [3.05, 3.63) is 102 Å². The number of carbonyl (C=O) groups excluding carboxylic acids is 3. The molecule has 0 unspecified atom stereocenters. The molecule has 0 saturated carbocycles. The van der Waals surface area contributed by atoms with Gasteiger partial charge >= 0.3 is 0 Å². The van der Waals surface area contributed by atoms with Crippen LogP contribution < -0.4 is 24.8 Å². The number of likely N-dealkylation sites (tertiary alicyclic amines) is 1. The summed E-state index contributed by atoms with van der Waals surface area (Å²) in [5.41, 5.74) is 2.89. The Morgan fingerprint density at radius 2 is 1.80 bits per heavy atom. The van der Waals surface area contributed by atoms with Crippen molar-refractivity contribution in [1.82, 2.24) is 25.5 Å². The summed E-state index contributed by atoms with van der Waals surface area (Å²) >= 11 is 0. The van der Waals surface area contributed by atoms with Gasteiger partial charge in [0, 0.05) is 30.4 Å². The van der Waals surface area contributed by atoms with Crippen molar-refractivity contribution in [2.24, 2.45) is 0 Å². The molecule has 1 saturated heterocycles. The normalized spacial score (nSPS) is 18.3. The second kappa shape index (κ2) is 12.4.